The molecule has 0 saturated heterocycles. The number of aliphatic hydroxyl groups excluding tert-OH is 1. The first-order valence-electron chi connectivity index (χ1n) is 17.3. The van der Waals surface area contributed by atoms with Gasteiger partial charge in [-0.2, -0.15) is 0 Å². The summed E-state index contributed by atoms with van der Waals surface area (Å²) < 4.78 is 2.45. The number of benzene rings is 5. The normalized spacial score (nSPS) is 12.1. The fourth-order valence-corrected chi connectivity index (χ4v) is 7.37. The van der Waals surface area contributed by atoms with Gasteiger partial charge in [0.05, 0.1) is 16.8 Å². The number of pyridine rings is 1. The maximum absolute atomic E-state index is 11.7. The third kappa shape index (κ3) is 6.00. The predicted octanol–water partition coefficient (Wildman–Crippen LogP) is 11.9. The maximum Gasteiger partial charge on any atom is 0.162 e. The Balaban J connectivity index is 0.000000225. The summed E-state index contributed by atoms with van der Waals surface area (Å²) in [6.07, 6.45) is 4.91. The number of carbonyl (C=O) groups is 1. The van der Waals surface area contributed by atoms with Crippen LogP contribution in [-0.2, 0) is 24.9 Å². The number of fused-ring (bicyclic) bond motifs is 9. The Morgan fingerprint density at radius 1 is 0.714 bits per heavy atom. The van der Waals surface area contributed by atoms with Gasteiger partial charge in [0.1, 0.15) is 0 Å². The van der Waals surface area contributed by atoms with Crippen molar-refractivity contribution in [3.8, 4) is 11.3 Å². The molecule has 1 N–H and O–H groups in total. The molecule has 5 heteroatoms. The van der Waals surface area contributed by atoms with E-state index in [9.17, 15) is 9.90 Å². The number of ketones is 1. The molecular weight excluding hydrogens is 781 g/mol. The third-order valence-electron chi connectivity index (χ3n) is 10.1. The van der Waals surface area contributed by atoms with E-state index in [2.05, 4.69) is 108 Å². The molecule has 5 aromatic carbocycles. The van der Waals surface area contributed by atoms with Crippen molar-refractivity contribution in [2.45, 2.75) is 53.4 Å². The van der Waals surface area contributed by atoms with E-state index in [0.717, 1.165) is 47.8 Å². The van der Waals surface area contributed by atoms with E-state index in [-0.39, 0.29) is 43.5 Å². The number of para-hydroxylation sites is 2. The molecule has 0 saturated carbocycles. The molecule has 0 unspecified atom stereocenters. The van der Waals surface area contributed by atoms with Crippen molar-refractivity contribution in [2.24, 2.45) is 11.8 Å². The van der Waals surface area contributed by atoms with Gasteiger partial charge in [0, 0.05) is 48.9 Å². The molecule has 0 atom stereocenters. The monoisotopic (exact) mass is 822 g/mol. The first-order chi connectivity index (χ1) is 23.5. The second-order valence-corrected chi connectivity index (χ2v) is 12.7. The van der Waals surface area contributed by atoms with Crippen molar-refractivity contribution in [3.05, 3.63) is 121 Å². The molecular formula is C44H41IrN2O2-. The summed E-state index contributed by atoms with van der Waals surface area (Å²) in [4.78, 5) is 16.7. The fourth-order valence-electron chi connectivity index (χ4n) is 7.37. The number of hydrogen-bond donors (Lipinski definition) is 1. The second-order valence-electron chi connectivity index (χ2n) is 12.7. The summed E-state index contributed by atoms with van der Waals surface area (Å²) in [6, 6.07) is 40.2. The van der Waals surface area contributed by atoms with Crippen LogP contribution in [0.15, 0.2) is 115 Å². The Labute approximate surface area is 301 Å². The Bertz CT molecular complexity index is 2450. The summed E-state index contributed by atoms with van der Waals surface area (Å²) >= 11 is 0. The zero-order valence-electron chi connectivity index (χ0n) is 28.5. The van der Waals surface area contributed by atoms with Crippen molar-refractivity contribution >= 4 is 65.6 Å². The molecule has 8 rings (SSSR count). The van der Waals surface area contributed by atoms with E-state index in [0.29, 0.717) is 0 Å². The number of aromatic nitrogens is 2. The number of rotatable bonds is 8. The molecule has 8 aromatic rings. The van der Waals surface area contributed by atoms with Crippen LogP contribution in [0, 0.1) is 17.9 Å². The zero-order valence-corrected chi connectivity index (χ0v) is 30.9. The maximum atomic E-state index is 11.7. The number of hydrogen-bond acceptors (Lipinski definition) is 3. The van der Waals surface area contributed by atoms with Crippen LogP contribution in [0.5, 0.6) is 0 Å². The van der Waals surface area contributed by atoms with E-state index in [1.165, 1.54) is 54.9 Å². The Kier molecular flexibility index (Phi) is 10.1. The zero-order chi connectivity index (χ0) is 33.4. The van der Waals surface area contributed by atoms with Gasteiger partial charge in [0.15, 0.2) is 5.78 Å². The van der Waals surface area contributed by atoms with Crippen molar-refractivity contribution in [1.82, 2.24) is 9.38 Å². The van der Waals surface area contributed by atoms with Crippen LogP contribution in [0.2, 0.25) is 0 Å². The Morgan fingerprint density at radius 3 is 2.08 bits per heavy atom. The smallest absolute Gasteiger partial charge is 0.162 e. The van der Waals surface area contributed by atoms with Crippen LogP contribution in [0.1, 0.15) is 53.4 Å². The third-order valence-corrected chi connectivity index (χ3v) is 10.1. The predicted molar refractivity (Wildman–Crippen MR) is 202 cm³/mol. The van der Waals surface area contributed by atoms with Gasteiger partial charge in [-0.1, -0.05) is 123 Å². The summed E-state index contributed by atoms with van der Waals surface area (Å²) in [5, 5.41) is 18.4. The minimum absolute atomic E-state index is 0. The van der Waals surface area contributed by atoms with Crippen LogP contribution < -0.4 is 0 Å². The van der Waals surface area contributed by atoms with Gasteiger partial charge in [0.2, 0.25) is 0 Å². The van der Waals surface area contributed by atoms with E-state index in [4.69, 9.17) is 4.98 Å². The molecule has 4 nitrogen and oxygen atoms in total. The second kappa shape index (κ2) is 14.5. The van der Waals surface area contributed by atoms with Gasteiger partial charge in [-0.15, -0.1) is 17.7 Å². The summed E-state index contributed by atoms with van der Waals surface area (Å²) in [7, 11) is 0. The molecule has 0 amide bonds. The fraction of sp³-hybridized carbons (Fsp3) is 0.227. The number of aliphatic hydroxyl groups is 1. The van der Waals surface area contributed by atoms with Crippen LogP contribution in [-0.4, -0.2) is 20.3 Å². The van der Waals surface area contributed by atoms with Crippen molar-refractivity contribution in [2.75, 3.05) is 0 Å². The SMILES string of the molecule is CCC(CC)C(=O)/C=C(\O)C(CC)CC.[Ir].[c-]1cc2c3ccccc3n3c4c5ccccc5ccc4c(c1-c1ccc4ccccc4n1)c23. The van der Waals surface area contributed by atoms with Crippen LogP contribution in [0.3, 0.4) is 0 Å². The minimum Gasteiger partial charge on any atom is -0.512 e. The summed E-state index contributed by atoms with van der Waals surface area (Å²) in [6.45, 7) is 8.07. The molecule has 0 fully saturated rings. The largest absolute Gasteiger partial charge is 0.512 e. The standard InChI is InChI=1S/C31H17N2.C13H24O2.Ir/c1-3-9-21-19(7-1)13-15-25-29-24(27-18-14-20-8-2-5-11-26(20)32-27)17-16-23-22-10-4-6-12-28(22)33(30(21)25)31(23)29;1-5-10(6-2)12(14)9-13(15)11(7-3)8-4;/h1-16,18H;9-11,14H,5-8H2,1-4H3;/q-1;;/b;12-9-;. The molecule has 3 heterocycles. The molecule has 0 aliphatic heterocycles. The van der Waals surface area contributed by atoms with Gasteiger partial charge < -0.3 is 9.51 Å². The van der Waals surface area contributed by atoms with Gasteiger partial charge in [0.25, 0.3) is 0 Å². The minimum atomic E-state index is 0. The van der Waals surface area contributed by atoms with Gasteiger partial charge in [-0.05, 0) is 70.6 Å². The molecule has 0 aliphatic carbocycles. The van der Waals surface area contributed by atoms with E-state index < -0.39 is 0 Å². The summed E-state index contributed by atoms with van der Waals surface area (Å²) in [5.74, 6) is 0.547. The number of allylic oxidation sites excluding steroid dienone is 2. The average molecular weight is 822 g/mol. The van der Waals surface area contributed by atoms with Gasteiger partial charge >= 0.3 is 0 Å². The number of nitrogens with zero attached hydrogens (tertiary/aromatic N) is 2. The quantitative estimate of drug-likeness (QED) is 0.0944. The molecule has 0 aliphatic rings. The topological polar surface area (TPSA) is 54.6 Å². The van der Waals surface area contributed by atoms with Gasteiger partial charge in [-0.25, -0.2) is 0 Å². The molecule has 0 spiro atoms. The van der Waals surface area contributed by atoms with E-state index in [1.54, 1.807) is 0 Å². The van der Waals surface area contributed by atoms with E-state index in [1.807, 2.05) is 33.8 Å². The number of carbonyl (C=O) groups excluding carboxylic acids is 1. The van der Waals surface area contributed by atoms with Crippen LogP contribution in [0.4, 0.5) is 0 Å². The van der Waals surface area contributed by atoms with Crippen LogP contribution in [0.25, 0.3) is 71.0 Å². The van der Waals surface area contributed by atoms with Crippen molar-refractivity contribution < 1.29 is 30.0 Å². The molecule has 0 bridgehead atoms. The van der Waals surface area contributed by atoms with Gasteiger partial charge in [-0.3, -0.25) is 9.78 Å². The Morgan fingerprint density at radius 2 is 1.35 bits per heavy atom. The first kappa shape index (κ1) is 34.3. The van der Waals surface area contributed by atoms with Crippen LogP contribution >= 0.6 is 0 Å². The molecule has 3 aromatic heterocycles. The van der Waals surface area contributed by atoms with Crippen molar-refractivity contribution in [3.63, 3.8) is 0 Å². The van der Waals surface area contributed by atoms with Crippen molar-refractivity contribution in [1.29, 1.82) is 0 Å². The van der Waals surface area contributed by atoms with E-state index >= 15 is 0 Å². The molecule has 49 heavy (non-hydrogen) atoms. The molecule has 249 valence electrons. The Hall–Kier alpha value is -4.57. The average Bonchev–Trinajstić information content (AvgIpc) is 3.65. The first-order valence-corrected chi connectivity index (χ1v) is 17.3. The molecule has 1 radical (unpaired) electrons. The summed E-state index contributed by atoms with van der Waals surface area (Å²) in [5.41, 5.74) is 6.78.